The van der Waals surface area contributed by atoms with E-state index in [2.05, 4.69) is 15.6 Å². The van der Waals surface area contributed by atoms with E-state index in [1.54, 1.807) is 6.07 Å². The fourth-order valence-electron chi connectivity index (χ4n) is 2.27. The largest absolute Gasteiger partial charge is 0.355 e. The zero-order valence-corrected chi connectivity index (χ0v) is 13.1. The Kier molecular flexibility index (Phi) is 4.23. The third-order valence-corrected chi connectivity index (χ3v) is 3.63. The second-order valence-corrected chi connectivity index (χ2v) is 5.35. The van der Waals surface area contributed by atoms with Crippen LogP contribution < -0.4 is 5.32 Å². The first-order valence-corrected chi connectivity index (χ1v) is 7.43. The number of amides is 1. The minimum Gasteiger partial charge on any atom is -0.355 e. The van der Waals surface area contributed by atoms with E-state index >= 15 is 0 Å². The van der Waals surface area contributed by atoms with Crippen LogP contribution in [0.15, 0.2) is 47.0 Å². The quantitative estimate of drug-likeness (QED) is 0.785. The Labute approximate surface area is 134 Å². The first-order valence-electron chi connectivity index (χ1n) is 7.43. The summed E-state index contributed by atoms with van der Waals surface area (Å²) in [4.78, 5) is 12.1. The third kappa shape index (κ3) is 3.48. The molecule has 0 aliphatic carbocycles. The van der Waals surface area contributed by atoms with E-state index in [1.165, 1.54) is 0 Å². The summed E-state index contributed by atoms with van der Waals surface area (Å²) >= 11 is 0. The molecule has 0 saturated carbocycles. The number of nitrogens with zero attached hydrogens (tertiary/aromatic N) is 3. The van der Waals surface area contributed by atoms with Gasteiger partial charge in [0.1, 0.15) is 0 Å². The number of benzene rings is 1. The molecule has 0 spiro atoms. The van der Waals surface area contributed by atoms with Crippen LogP contribution in [0.2, 0.25) is 0 Å². The zero-order chi connectivity index (χ0) is 16.2. The van der Waals surface area contributed by atoms with Gasteiger partial charge in [-0.3, -0.25) is 9.48 Å². The molecule has 0 atom stereocenters. The summed E-state index contributed by atoms with van der Waals surface area (Å²) in [6.07, 6.45) is 0.677. The van der Waals surface area contributed by atoms with Crippen molar-refractivity contribution in [3.05, 3.63) is 59.5 Å². The van der Waals surface area contributed by atoms with Crippen molar-refractivity contribution in [1.29, 1.82) is 0 Å². The molecule has 2 heterocycles. The van der Waals surface area contributed by atoms with Crippen LogP contribution >= 0.6 is 0 Å². The molecule has 0 aliphatic heterocycles. The number of hydrogen-bond acceptors (Lipinski definition) is 4. The zero-order valence-electron chi connectivity index (χ0n) is 13.1. The summed E-state index contributed by atoms with van der Waals surface area (Å²) in [5.74, 6) is 0.333. The van der Waals surface area contributed by atoms with E-state index < -0.39 is 0 Å². The van der Waals surface area contributed by atoms with Crippen LogP contribution in [0.25, 0.3) is 11.3 Å². The van der Waals surface area contributed by atoms with Gasteiger partial charge < -0.3 is 9.84 Å². The topological polar surface area (TPSA) is 73.0 Å². The highest BCUT2D eigenvalue weighted by Crippen LogP contribution is 2.19. The lowest BCUT2D eigenvalue weighted by molar-refractivity contribution is 0.0945. The van der Waals surface area contributed by atoms with Gasteiger partial charge >= 0.3 is 0 Å². The van der Waals surface area contributed by atoms with E-state index in [9.17, 15) is 4.79 Å². The standard InChI is InChI=1S/C17H18N4O2/c1-12-10-14(19-21(12)2)8-9-18-17(22)15-11-16(23-20-15)13-6-4-3-5-7-13/h3-7,10-11H,8-9H2,1-2H3,(H,18,22). The van der Waals surface area contributed by atoms with Crippen molar-refractivity contribution in [2.24, 2.45) is 7.05 Å². The molecular formula is C17H18N4O2. The van der Waals surface area contributed by atoms with Gasteiger partial charge in [0.2, 0.25) is 0 Å². The summed E-state index contributed by atoms with van der Waals surface area (Å²) in [5, 5.41) is 11.0. The lowest BCUT2D eigenvalue weighted by Crippen LogP contribution is -2.26. The summed E-state index contributed by atoms with van der Waals surface area (Å²) < 4.78 is 7.05. The normalized spacial score (nSPS) is 10.7. The highest BCUT2D eigenvalue weighted by atomic mass is 16.5. The van der Waals surface area contributed by atoms with Gasteiger partial charge in [0.05, 0.1) is 5.69 Å². The number of rotatable bonds is 5. The third-order valence-electron chi connectivity index (χ3n) is 3.63. The van der Waals surface area contributed by atoms with Gasteiger partial charge in [-0.25, -0.2) is 0 Å². The highest BCUT2D eigenvalue weighted by molar-refractivity contribution is 5.93. The average molecular weight is 310 g/mol. The van der Waals surface area contributed by atoms with E-state index in [0.29, 0.717) is 18.7 Å². The van der Waals surface area contributed by atoms with E-state index in [-0.39, 0.29) is 11.6 Å². The Morgan fingerprint density at radius 2 is 2.04 bits per heavy atom. The van der Waals surface area contributed by atoms with E-state index in [4.69, 9.17) is 4.52 Å². The van der Waals surface area contributed by atoms with E-state index in [0.717, 1.165) is 17.0 Å². The van der Waals surface area contributed by atoms with Crippen LogP contribution in [-0.4, -0.2) is 27.4 Å². The van der Waals surface area contributed by atoms with Gasteiger partial charge in [-0.1, -0.05) is 35.5 Å². The summed E-state index contributed by atoms with van der Waals surface area (Å²) in [6, 6.07) is 13.2. The lowest BCUT2D eigenvalue weighted by atomic mass is 10.1. The molecule has 3 aromatic rings. The van der Waals surface area contributed by atoms with Crippen molar-refractivity contribution < 1.29 is 9.32 Å². The molecule has 0 aliphatic rings. The van der Waals surface area contributed by atoms with Crippen molar-refractivity contribution in [3.8, 4) is 11.3 Å². The molecule has 118 valence electrons. The maximum Gasteiger partial charge on any atom is 0.273 e. The monoisotopic (exact) mass is 310 g/mol. The minimum atomic E-state index is -0.247. The number of carbonyl (C=O) groups excluding carboxylic acids is 1. The smallest absolute Gasteiger partial charge is 0.273 e. The van der Waals surface area contributed by atoms with Gasteiger partial charge in [0.25, 0.3) is 5.91 Å². The molecule has 6 nitrogen and oxygen atoms in total. The molecule has 3 rings (SSSR count). The lowest BCUT2D eigenvalue weighted by Gasteiger charge is -2.00. The molecule has 6 heteroatoms. The fraction of sp³-hybridized carbons (Fsp3) is 0.235. The molecular weight excluding hydrogens is 292 g/mol. The van der Waals surface area contributed by atoms with Crippen molar-refractivity contribution in [1.82, 2.24) is 20.3 Å². The Morgan fingerprint density at radius 3 is 2.74 bits per heavy atom. The Morgan fingerprint density at radius 1 is 1.26 bits per heavy atom. The second-order valence-electron chi connectivity index (χ2n) is 5.35. The number of aromatic nitrogens is 3. The maximum absolute atomic E-state index is 12.1. The average Bonchev–Trinajstić information content (AvgIpc) is 3.16. The predicted octanol–water partition coefficient (Wildman–Crippen LogP) is 2.36. The SMILES string of the molecule is Cc1cc(CCNC(=O)c2cc(-c3ccccc3)on2)nn1C. The van der Waals surface area contributed by atoms with Gasteiger partial charge in [-0.15, -0.1) is 0 Å². The van der Waals surface area contributed by atoms with Crippen molar-refractivity contribution >= 4 is 5.91 Å². The Balaban J connectivity index is 1.57. The second kappa shape index (κ2) is 6.48. The van der Waals surface area contributed by atoms with Crippen LogP contribution in [0.1, 0.15) is 21.9 Å². The molecule has 1 aromatic carbocycles. The van der Waals surface area contributed by atoms with Crippen LogP contribution in [0, 0.1) is 6.92 Å². The summed E-state index contributed by atoms with van der Waals surface area (Å²) in [5.41, 5.74) is 3.22. The molecule has 2 aromatic heterocycles. The molecule has 0 fully saturated rings. The van der Waals surface area contributed by atoms with Gasteiger partial charge in [-0.2, -0.15) is 5.10 Å². The molecule has 0 bridgehead atoms. The van der Waals surface area contributed by atoms with E-state index in [1.807, 2.05) is 55.1 Å². The predicted molar refractivity (Wildman–Crippen MR) is 85.9 cm³/mol. The fourth-order valence-corrected chi connectivity index (χ4v) is 2.27. The van der Waals surface area contributed by atoms with Crippen LogP contribution in [0.3, 0.4) is 0 Å². The molecule has 1 amide bonds. The van der Waals surface area contributed by atoms with Crippen LogP contribution in [-0.2, 0) is 13.5 Å². The van der Waals surface area contributed by atoms with Crippen molar-refractivity contribution in [2.75, 3.05) is 6.54 Å². The number of nitrogens with one attached hydrogen (secondary N) is 1. The van der Waals surface area contributed by atoms with Crippen molar-refractivity contribution in [2.45, 2.75) is 13.3 Å². The van der Waals surface area contributed by atoms with Crippen LogP contribution in [0.5, 0.6) is 0 Å². The van der Waals surface area contributed by atoms with Crippen molar-refractivity contribution in [3.63, 3.8) is 0 Å². The van der Waals surface area contributed by atoms with Gasteiger partial charge in [-0.05, 0) is 13.0 Å². The first-order chi connectivity index (χ1) is 11.1. The first kappa shape index (κ1) is 15.0. The highest BCUT2D eigenvalue weighted by Gasteiger charge is 2.13. The number of carbonyl (C=O) groups is 1. The maximum atomic E-state index is 12.1. The van der Waals surface area contributed by atoms with Gasteiger partial charge in [0, 0.05) is 37.3 Å². The van der Waals surface area contributed by atoms with Crippen LogP contribution in [0.4, 0.5) is 0 Å². The van der Waals surface area contributed by atoms with Gasteiger partial charge in [0.15, 0.2) is 11.5 Å². The molecule has 0 unspecified atom stereocenters. The summed E-state index contributed by atoms with van der Waals surface area (Å²) in [7, 11) is 1.90. The molecule has 1 N–H and O–H groups in total. The summed E-state index contributed by atoms with van der Waals surface area (Å²) in [6.45, 7) is 2.50. The Hall–Kier alpha value is -2.89. The molecule has 23 heavy (non-hydrogen) atoms. The molecule has 0 saturated heterocycles. The minimum absolute atomic E-state index is 0.247. The number of hydrogen-bond donors (Lipinski definition) is 1. The Bertz CT molecular complexity index is 786. The molecule has 0 radical (unpaired) electrons. The number of aryl methyl sites for hydroxylation is 2.